The summed E-state index contributed by atoms with van der Waals surface area (Å²) < 4.78 is 0. The summed E-state index contributed by atoms with van der Waals surface area (Å²) >= 11 is 0. The van der Waals surface area contributed by atoms with Crippen molar-refractivity contribution >= 4 is 0 Å². The lowest BCUT2D eigenvalue weighted by Crippen LogP contribution is -2.20. The zero-order valence-electron chi connectivity index (χ0n) is 6.89. The molecule has 1 N–H and O–H groups in total. The molecule has 2 nitrogen and oxygen atoms in total. The maximum absolute atomic E-state index is 8.66. The summed E-state index contributed by atoms with van der Waals surface area (Å²) in [4.78, 5) is 0. The normalized spacial score (nSPS) is 14.3. The smallest absolute Gasteiger partial charge is 0.0686 e. The summed E-state index contributed by atoms with van der Waals surface area (Å²) in [6.45, 7) is 5.95. The molecule has 0 rings (SSSR count). The Hall–Kier alpha value is -0.550. The zero-order chi connectivity index (χ0) is 8.20. The fourth-order valence-corrected chi connectivity index (χ4v) is 0.665. The van der Waals surface area contributed by atoms with Gasteiger partial charge < -0.3 is 5.11 Å². The summed E-state index contributed by atoms with van der Waals surface area (Å²) in [5.74, 6) is 0.266. The van der Waals surface area contributed by atoms with E-state index in [9.17, 15) is 0 Å². The van der Waals surface area contributed by atoms with E-state index in [-0.39, 0.29) is 17.9 Å². The number of hydrogen-bond acceptors (Lipinski definition) is 2. The molecule has 0 aromatic rings. The van der Waals surface area contributed by atoms with E-state index in [2.05, 4.69) is 6.07 Å². The molecule has 10 heavy (non-hydrogen) atoms. The van der Waals surface area contributed by atoms with E-state index in [1.807, 2.05) is 20.8 Å². The minimum atomic E-state index is -0.303. The Balaban J connectivity index is 3.94. The first-order valence-corrected chi connectivity index (χ1v) is 3.56. The lowest BCUT2D eigenvalue weighted by atomic mass is 9.80. The largest absolute Gasteiger partial charge is 0.396 e. The second-order valence-corrected chi connectivity index (χ2v) is 3.25. The summed E-state index contributed by atoms with van der Waals surface area (Å²) in [6.07, 6.45) is 0.709. The van der Waals surface area contributed by atoms with Gasteiger partial charge in [0.05, 0.1) is 11.5 Å². The Morgan fingerprint density at radius 2 is 2.10 bits per heavy atom. The third-order valence-corrected chi connectivity index (χ3v) is 2.08. The molecule has 1 unspecified atom stereocenters. The van der Waals surface area contributed by atoms with Crippen molar-refractivity contribution in [2.45, 2.75) is 27.2 Å². The van der Waals surface area contributed by atoms with Crippen LogP contribution in [0.25, 0.3) is 0 Å². The highest BCUT2D eigenvalue weighted by atomic mass is 16.3. The van der Waals surface area contributed by atoms with Gasteiger partial charge in [-0.25, -0.2) is 0 Å². The van der Waals surface area contributed by atoms with Gasteiger partial charge in [-0.15, -0.1) is 0 Å². The number of hydrogen-bond donors (Lipinski definition) is 1. The Morgan fingerprint density at radius 3 is 2.40 bits per heavy atom. The van der Waals surface area contributed by atoms with Crippen LogP contribution >= 0.6 is 0 Å². The number of aliphatic hydroxyl groups excluding tert-OH is 1. The van der Waals surface area contributed by atoms with E-state index >= 15 is 0 Å². The van der Waals surface area contributed by atoms with E-state index in [1.54, 1.807) is 0 Å². The molecule has 0 aliphatic rings. The lowest BCUT2D eigenvalue weighted by molar-refractivity contribution is 0.213. The number of rotatable bonds is 3. The number of nitrogens with zero attached hydrogens (tertiary/aromatic N) is 1. The number of nitriles is 1. The van der Waals surface area contributed by atoms with E-state index in [0.29, 0.717) is 6.42 Å². The average molecular weight is 141 g/mol. The van der Waals surface area contributed by atoms with Gasteiger partial charge in [0.1, 0.15) is 0 Å². The predicted octanol–water partition coefficient (Wildman–Crippen LogP) is 1.55. The predicted molar refractivity (Wildman–Crippen MR) is 40.3 cm³/mol. The second-order valence-electron chi connectivity index (χ2n) is 3.25. The van der Waals surface area contributed by atoms with Crippen LogP contribution in [-0.4, -0.2) is 11.7 Å². The Morgan fingerprint density at radius 1 is 1.60 bits per heavy atom. The van der Waals surface area contributed by atoms with Crippen LogP contribution in [0.4, 0.5) is 0 Å². The molecule has 0 aromatic heterocycles. The van der Waals surface area contributed by atoms with Crippen molar-refractivity contribution in [2.24, 2.45) is 11.3 Å². The lowest BCUT2D eigenvalue weighted by Gasteiger charge is -2.22. The van der Waals surface area contributed by atoms with Crippen LogP contribution in [0.5, 0.6) is 0 Å². The molecule has 0 aromatic carbocycles. The van der Waals surface area contributed by atoms with Gasteiger partial charge in [0.2, 0.25) is 0 Å². The highest BCUT2D eigenvalue weighted by Crippen LogP contribution is 2.27. The fourth-order valence-electron chi connectivity index (χ4n) is 0.665. The topological polar surface area (TPSA) is 44.0 Å². The molecular formula is C8H15NO. The van der Waals surface area contributed by atoms with Gasteiger partial charge >= 0.3 is 0 Å². The summed E-state index contributed by atoms with van der Waals surface area (Å²) in [5.41, 5.74) is -0.303. The zero-order valence-corrected chi connectivity index (χ0v) is 6.89. The number of aliphatic hydroxyl groups is 1. The van der Waals surface area contributed by atoms with Crippen molar-refractivity contribution in [1.29, 1.82) is 5.26 Å². The molecule has 0 spiro atoms. The van der Waals surface area contributed by atoms with Gasteiger partial charge in [0, 0.05) is 6.61 Å². The van der Waals surface area contributed by atoms with Crippen molar-refractivity contribution < 1.29 is 5.11 Å². The van der Waals surface area contributed by atoms with Crippen molar-refractivity contribution in [3.63, 3.8) is 0 Å². The van der Waals surface area contributed by atoms with Crippen molar-refractivity contribution in [3.05, 3.63) is 0 Å². The minimum absolute atomic E-state index is 0.173. The quantitative estimate of drug-likeness (QED) is 0.648. The minimum Gasteiger partial charge on any atom is -0.396 e. The third kappa shape index (κ3) is 2.36. The van der Waals surface area contributed by atoms with Crippen LogP contribution in [0.15, 0.2) is 0 Å². The molecule has 0 heterocycles. The third-order valence-electron chi connectivity index (χ3n) is 2.08. The van der Waals surface area contributed by atoms with E-state index in [1.165, 1.54) is 0 Å². The second kappa shape index (κ2) is 3.58. The molecule has 58 valence electrons. The molecule has 2 heteroatoms. The summed E-state index contributed by atoms with van der Waals surface area (Å²) in [7, 11) is 0. The van der Waals surface area contributed by atoms with Crippen LogP contribution in [0.1, 0.15) is 27.2 Å². The van der Waals surface area contributed by atoms with Gasteiger partial charge in [-0.1, -0.05) is 6.92 Å². The van der Waals surface area contributed by atoms with Crippen LogP contribution in [-0.2, 0) is 0 Å². The fraction of sp³-hybridized carbons (Fsp3) is 0.875. The maximum atomic E-state index is 8.66. The first-order valence-electron chi connectivity index (χ1n) is 3.56. The van der Waals surface area contributed by atoms with E-state index in [4.69, 9.17) is 10.4 Å². The molecule has 0 aliphatic carbocycles. The van der Waals surface area contributed by atoms with Crippen LogP contribution < -0.4 is 0 Å². The molecule has 0 bridgehead atoms. The molecular weight excluding hydrogens is 126 g/mol. The Kier molecular flexibility index (Phi) is 3.38. The molecule has 0 aliphatic heterocycles. The van der Waals surface area contributed by atoms with Crippen LogP contribution in [0, 0.1) is 22.7 Å². The Bertz CT molecular complexity index is 135. The van der Waals surface area contributed by atoms with E-state index in [0.717, 1.165) is 0 Å². The van der Waals surface area contributed by atoms with Crippen LogP contribution in [0.2, 0.25) is 0 Å². The van der Waals surface area contributed by atoms with Crippen LogP contribution in [0.3, 0.4) is 0 Å². The Labute approximate surface area is 62.5 Å². The maximum Gasteiger partial charge on any atom is 0.0686 e. The summed E-state index contributed by atoms with van der Waals surface area (Å²) in [6, 6.07) is 2.21. The van der Waals surface area contributed by atoms with Crippen molar-refractivity contribution in [2.75, 3.05) is 6.61 Å². The standard InChI is InChI=1S/C8H15NO/c1-7(4-5-10)8(2,3)6-9/h7,10H,4-5H2,1-3H3. The molecule has 0 amide bonds. The molecule has 1 atom stereocenters. The van der Waals surface area contributed by atoms with Gasteiger partial charge in [-0.05, 0) is 26.2 Å². The van der Waals surface area contributed by atoms with Gasteiger partial charge in [0.25, 0.3) is 0 Å². The molecule has 0 radical (unpaired) electrons. The van der Waals surface area contributed by atoms with Gasteiger partial charge in [-0.3, -0.25) is 0 Å². The highest BCUT2D eigenvalue weighted by molar-refractivity contribution is 4.94. The van der Waals surface area contributed by atoms with Gasteiger partial charge in [0.15, 0.2) is 0 Å². The molecule has 0 saturated carbocycles. The van der Waals surface area contributed by atoms with E-state index < -0.39 is 0 Å². The van der Waals surface area contributed by atoms with Gasteiger partial charge in [-0.2, -0.15) is 5.26 Å². The highest BCUT2D eigenvalue weighted by Gasteiger charge is 2.24. The summed E-state index contributed by atoms with van der Waals surface area (Å²) in [5, 5.41) is 17.2. The molecule has 0 fully saturated rings. The van der Waals surface area contributed by atoms with Crippen molar-refractivity contribution in [3.8, 4) is 6.07 Å². The average Bonchev–Trinajstić information content (AvgIpc) is 1.89. The first kappa shape index (κ1) is 9.45. The van der Waals surface area contributed by atoms with Crippen molar-refractivity contribution in [1.82, 2.24) is 0 Å². The SMILES string of the molecule is CC(CCO)C(C)(C)C#N. The monoisotopic (exact) mass is 141 g/mol. The molecule has 0 saturated heterocycles. The first-order chi connectivity index (χ1) is 4.54.